The predicted octanol–water partition coefficient (Wildman–Crippen LogP) is 3.32. The van der Waals surface area contributed by atoms with Crippen molar-refractivity contribution in [3.05, 3.63) is 33.8 Å². The molecule has 0 bridgehead atoms. The quantitative estimate of drug-likeness (QED) is 0.770. The molecule has 1 heterocycles. The molecular formula is C13H12ClN3O3S2. The first-order valence-electron chi connectivity index (χ1n) is 6.21. The first kappa shape index (κ1) is 16.7. The number of aryl methyl sites for hydroxylation is 1. The van der Waals surface area contributed by atoms with Crippen molar-refractivity contribution >= 4 is 52.3 Å². The molecule has 2 rings (SSSR count). The van der Waals surface area contributed by atoms with Crippen molar-refractivity contribution in [2.45, 2.75) is 17.7 Å². The van der Waals surface area contributed by atoms with Gasteiger partial charge in [-0.3, -0.25) is 4.79 Å². The minimum atomic E-state index is -1.07. The standard InChI is InChI=1S/C13H12ClN3O3S2/c1-7-16-17-13(22-7)21-5-4-11(18)15-10-6-8(12(19)20)2-3-9(10)14/h2-3,6H,4-5H2,1H3,(H,15,18)(H,19,20). The molecule has 0 radical (unpaired) electrons. The first-order chi connectivity index (χ1) is 10.5. The molecule has 0 saturated carbocycles. The third-order valence-electron chi connectivity index (χ3n) is 2.55. The fraction of sp³-hybridized carbons (Fsp3) is 0.231. The number of aromatic carboxylic acids is 1. The molecule has 1 aromatic heterocycles. The van der Waals surface area contributed by atoms with E-state index >= 15 is 0 Å². The zero-order chi connectivity index (χ0) is 16.1. The van der Waals surface area contributed by atoms with Crippen LogP contribution >= 0.6 is 34.7 Å². The Morgan fingerprint density at radius 3 is 2.82 bits per heavy atom. The summed E-state index contributed by atoms with van der Waals surface area (Å²) in [6.45, 7) is 1.87. The molecule has 2 N–H and O–H groups in total. The topological polar surface area (TPSA) is 92.2 Å². The Morgan fingerprint density at radius 2 is 2.18 bits per heavy atom. The Hall–Kier alpha value is -1.64. The van der Waals surface area contributed by atoms with Crippen LogP contribution in [0.4, 0.5) is 5.69 Å². The molecule has 0 spiro atoms. The van der Waals surface area contributed by atoms with Crippen LogP contribution in [0.3, 0.4) is 0 Å². The number of aromatic nitrogens is 2. The molecule has 0 aliphatic heterocycles. The van der Waals surface area contributed by atoms with Gasteiger partial charge < -0.3 is 10.4 Å². The van der Waals surface area contributed by atoms with Crippen molar-refractivity contribution in [2.24, 2.45) is 0 Å². The highest BCUT2D eigenvalue weighted by molar-refractivity contribution is 8.01. The van der Waals surface area contributed by atoms with Crippen LogP contribution in [0.1, 0.15) is 21.8 Å². The van der Waals surface area contributed by atoms with Crippen molar-refractivity contribution < 1.29 is 14.7 Å². The number of hydrogen-bond donors (Lipinski definition) is 2. The van der Waals surface area contributed by atoms with E-state index < -0.39 is 5.97 Å². The summed E-state index contributed by atoms with van der Waals surface area (Å²) in [4.78, 5) is 22.8. The van der Waals surface area contributed by atoms with Crippen LogP contribution in [-0.2, 0) is 4.79 Å². The fourth-order valence-electron chi connectivity index (χ4n) is 1.53. The number of halogens is 1. The minimum absolute atomic E-state index is 0.0680. The van der Waals surface area contributed by atoms with Gasteiger partial charge >= 0.3 is 5.97 Å². The molecule has 22 heavy (non-hydrogen) atoms. The van der Waals surface area contributed by atoms with Gasteiger partial charge in [-0.2, -0.15) is 0 Å². The van der Waals surface area contributed by atoms with Gasteiger partial charge in [-0.1, -0.05) is 34.7 Å². The van der Waals surface area contributed by atoms with E-state index in [9.17, 15) is 9.59 Å². The Morgan fingerprint density at radius 1 is 1.41 bits per heavy atom. The van der Waals surface area contributed by atoms with E-state index in [1.807, 2.05) is 6.92 Å². The summed E-state index contributed by atoms with van der Waals surface area (Å²) >= 11 is 8.87. The number of nitrogens with one attached hydrogen (secondary N) is 1. The average molecular weight is 358 g/mol. The molecular weight excluding hydrogens is 346 g/mol. The SMILES string of the molecule is Cc1nnc(SCCC(=O)Nc2cc(C(=O)O)ccc2Cl)s1. The number of benzene rings is 1. The van der Waals surface area contributed by atoms with Gasteiger partial charge in [0.1, 0.15) is 5.01 Å². The summed E-state index contributed by atoms with van der Waals surface area (Å²) in [5.41, 5.74) is 0.363. The van der Waals surface area contributed by atoms with Gasteiger partial charge in [-0.15, -0.1) is 10.2 Å². The highest BCUT2D eigenvalue weighted by atomic mass is 35.5. The summed E-state index contributed by atoms with van der Waals surface area (Å²) in [5, 5.41) is 20.6. The highest BCUT2D eigenvalue weighted by Crippen LogP contribution is 2.25. The average Bonchev–Trinajstić information content (AvgIpc) is 2.86. The second-order valence-corrected chi connectivity index (χ2v) is 7.16. The molecule has 6 nitrogen and oxygen atoms in total. The number of carbonyl (C=O) groups is 2. The Bertz CT molecular complexity index is 706. The summed E-state index contributed by atoms with van der Waals surface area (Å²) in [6.07, 6.45) is 0.261. The maximum absolute atomic E-state index is 11.9. The number of anilines is 1. The maximum Gasteiger partial charge on any atom is 0.335 e. The van der Waals surface area contributed by atoms with Crippen LogP contribution in [0.25, 0.3) is 0 Å². The van der Waals surface area contributed by atoms with Gasteiger partial charge in [0.2, 0.25) is 5.91 Å². The summed E-state index contributed by atoms with van der Waals surface area (Å²) in [6, 6.07) is 4.16. The van der Waals surface area contributed by atoms with Crippen molar-refractivity contribution in [1.29, 1.82) is 0 Å². The lowest BCUT2D eigenvalue weighted by atomic mass is 10.2. The summed E-state index contributed by atoms with van der Waals surface area (Å²) in [5.74, 6) is -0.760. The Kier molecular flexibility index (Phi) is 5.76. The van der Waals surface area contributed by atoms with Crippen LogP contribution in [-0.4, -0.2) is 32.9 Å². The molecule has 0 atom stereocenters. The number of thioether (sulfide) groups is 1. The summed E-state index contributed by atoms with van der Waals surface area (Å²) in [7, 11) is 0. The number of amides is 1. The van der Waals surface area contributed by atoms with Gasteiger partial charge in [0, 0.05) is 12.2 Å². The van der Waals surface area contributed by atoms with Gasteiger partial charge in [0.05, 0.1) is 16.3 Å². The normalized spacial score (nSPS) is 10.5. The van der Waals surface area contributed by atoms with Crippen LogP contribution in [0.2, 0.25) is 5.02 Å². The predicted molar refractivity (Wildman–Crippen MR) is 87.0 cm³/mol. The van der Waals surface area contributed by atoms with Crippen molar-refractivity contribution in [1.82, 2.24) is 10.2 Å². The van der Waals surface area contributed by atoms with Crippen LogP contribution < -0.4 is 5.32 Å². The van der Waals surface area contributed by atoms with E-state index in [0.29, 0.717) is 16.5 Å². The van der Waals surface area contributed by atoms with Gasteiger partial charge in [0.15, 0.2) is 4.34 Å². The van der Waals surface area contributed by atoms with Gasteiger partial charge in [-0.05, 0) is 25.1 Å². The van der Waals surface area contributed by atoms with E-state index in [2.05, 4.69) is 15.5 Å². The highest BCUT2D eigenvalue weighted by Gasteiger charge is 2.10. The van der Waals surface area contributed by atoms with Crippen molar-refractivity contribution in [3.63, 3.8) is 0 Å². The third-order valence-corrected chi connectivity index (χ3v) is 4.85. The molecule has 1 amide bonds. The number of nitrogens with zero attached hydrogens (tertiary/aromatic N) is 2. The lowest BCUT2D eigenvalue weighted by Crippen LogP contribution is -2.13. The largest absolute Gasteiger partial charge is 0.478 e. The monoisotopic (exact) mass is 357 g/mol. The van der Waals surface area contributed by atoms with E-state index in [1.54, 1.807) is 0 Å². The molecule has 0 fully saturated rings. The third kappa shape index (κ3) is 4.69. The van der Waals surface area contributed by atoms with Gasteiger partial charge in [-0.25, -0.2) is 4.79 Å². The molecule has 0 saturated heterocycles. The second-order valence-electron chi connectivity index (χ2n) is 4.23. The molecule has 0 aliphatic carbocycles. The lowest BCUT2D eigenvalue weighted by Gasteiger charge is -2.07. The fourth-order valence-corrected chi connectivity index (χ4v) is 3.52. The first-order valence-corrected chi connectivity index (χ1v) is 8.39. The van der Waals surface area contributed by atoms with Crippen molar-refractivity contribution in [3.8, 4) is 0 Å². The minimum Gasteiger partial charge on any atom is -0.478 e. The zero-order valence-corrected chi connectivity index (χ0v) is 13.9. The van der Waals surface area contributed by atoms with E-state index in [-0.39, 0.29) is 17.9 Å². The van der Waals surface area contributed by atoms with Crippen LogP contribution in [0.15, 0.2) is 22.5 Å². The summed E-state index contributed by atoms with van der Waals surface area (Å²) < 4.78 is 0.816. The van der Waals surface area contributed by atoms with Crippen LogP contribution in [0.5, 0.6) is 0 Å². The smallest absolute Gasteiger partial charge is 0.335 e. The molecule has 0 unspecified atom stereocenters. The van der Waals surface area contributed by atoms with Crippen molar-refractivity contribution in [2.75, 3.05) is 11.1 Å². The maximum atomic E-state index is 11.9. The Balaban J connectivity index is 1.89. The van der Waals surface area contributed by atoms with Gasteiger partial charge in [0.25, 0.3) is 0 Å². The zero-order valence-electron chi connectivity index (χ0n) is 11.5. The number of carbonyl (C=O) groups excluding carboxylic acids is 1. The molecule has 1 aromatic carbocycles. The lowest BCUT2D eigenvalue weighted by molar-refractivity contribution is -0.115. The number of rotatable bonds is 6. The molecule has 9 heteroatoms. The number of hydrogen-bond acceptors (Lipinski definition) is 6. The number of carboxylic acid groups (broad SMARTS) is 1. The molecule has 116 valence electrons. The van der Waals surface area contributed by atoms with Crippen LogP contribution in [0, 0.1) is 6.92 Å². The Labute approximate surface area is 139 Å². The molecule has 2 aromatic rings. The number of carboxylic acids is 1. The van der Waals surface area contributed by atoms with E-state index in [1.165, 1.54) is 41.3 Å². The van der Waals surface area contributed by atoms with E-state index in [4.69, 9.17) is 16.7 Å². The second kappa shape index (κ2) is 7.57. The molecule has 0 aliphatic rings. The van der Waals surface area contributed by atoms with E-state index in [0.717, 1.165) is 9.35 Å².